The molecule has 3 heterocycles. The molecule has 0 radical (unpaired) electrons. The average molecular weight is 389 g/mol. The van der Waals surface area contributed by atoms with E-state index in [2.05, 4.69) is 0 Å². The van der Waals surface area contributed by atoms with Gasteiger partial charge in [-0.25, -0.2) is 8.42 Å². The second kappa shape index (κ2) is 7.73. The molecule has 0 aromatic rings. The highest BCUT2D eigenvalue weighted by molar-refractivity contribution is 7.89. The van der Waals surface area contributed by atoms with Crippen molar-refractivity contribution in [2.24, 2.45) is 0 Å². The van der Waals surface area contributed by atoms with Crippen LogP contribution in [0, 0.1) is 0 Å². The molecule has 0 aliphatic carbocycles. The summed E-state index contributed by atoms with van der Waals surface area (Å²) in [5.74, 6) is 0.0536. The van der Waals surface area contributed by atoms with E-state index in [0.29, 0.717) is 39.1 Å². The van der Waals surface area contributed by atoms with Crippen LogP contribution in [0.25, 0.3) is 0 Å². The molecule has 26 heavy (non-hydrogen) atoms. The molecule has 0 saturated carbocycles. The fourth-order valence-corrected chi connectivity index (χ4v) is 6.32. The fourth-order valence-electron chi connectivity index (χ4n) is 4.44. The van der Waals surface area contributed by atoms with Crippen LogP contribution in [-0.4, -0.2) is 79.4 Å². The molecule has 3 saturated heterocycles. The second-order valence-electron chi connectivity index (χ2n) is 7.91. The number of sulfonamides is 1. The van der Waals surface area contributed by atoms with Gasteiger partial charge >= 0.3 is 0 Å². The van der Waals surface area contributed by atoms with Gasteiger partial charge in [-0.1, -0.05) is 13.3 Å². The number of unbranched alkanes of at least 4 members (excludes halogenated alkanes) is 1. The Bertz CT molecular complexity index is 625. The van der Waals surface area contributed by atoms with Gasteiger partial charge in [-0.2, -0.15) is 4.31 Å². The lowest BCUT2D eigenvalue weighted by Crippen LogP contribution is -2.62. The molecule has 7 nitrogen and oxygen atoms in total. The van der Waals surface area contributed by atoms with Gasteiger partial charge in [0.25, 0.3) is 0 Å². The standard InChI is InChI=1S/C18H32N2O5S/c1-4-5-11-26(22,23)20-9-6-7-16(20)17(21)19-12-14(2)25-18(13-19)8-10-24-15(18)3/h14-16H,4-13H2,1-3H3. The number of carbonyl (C=O) groups excluding carboxylic acids is 1. The highest BCUT2D eigenvalue weighted by Crippen LogP contribution is 2.36. The third-order valence-electron chi connectivity index (χ3n) is 5.92. The topological polar surface area (TPSA) is 76.2 Å². The Labute approximate surface area is 157 Å². The van der Waals surface area contributed by atoms with Crippen LogP contribution in [0.15, 0.2) is 0 Å². The summed E-state index contributed by atoms with van der Waals surface area (Å²) in [7, 11) is -3.38. The van der Waals surface area contributed by atoms with E-state index < -0.39 is 21.7 Å². The first-order chi connectivity index (χ1) is 12.3. The lowest BCUT2D eigenvalue weighted by atomic mass is 9.92. The van der Waals surface area contributed by atoms with Crippen LogP contribution in [0.1, 0.15) is 52.9 Å². The molecule has 3 aliphatic heterocycles. The van der Waals surface area contributed by atoms with Crippen molar-refractivity contribution in [3.8, 4) is 0 Å². The Kier molecular flexibility index (Phi) is 5.96. The fraction of sp³-hybridized carbons (Fsp3) is 0.944. The third-order valence-corrected chi connectivity index (χ3v) is 7.88. The van der Waals surface area contributed by atoms with Gasteiger partial charge in [0.2, 0.25) is 15.9 Å². The van der Waals surface area contributed by atoms with Gasteiger partial charge < -0.3 is 14.4 Å². The number of morpholine rings is 1. The highest BCUT2D eigenvalue weighted by atomic mass is 32.2. The van der Waals surface area contributed by atoms with Crippen molar-refractivity contribution in [3.63, 3.8) is 0 Å². The van der Waals surface area contributed by atoms with Crippen LogP contribution < -0.4 is 0 Å². The van der Waals surface area contributed by atoms with Crippen molar-refractivity contribution < 1.29 is 22.7 Å². The van der Waals surface area contributed by atoms with Crippen molar-refractivity contribution in [3.05, 3.63) is 0 Å². The van der Waals surface area contributed by atoms with Crippen molar-refractivity contribution >= 4 is 15.9 Å². The summed E-state index contributed by atoms with van der Waals surface area (Å²) in [5.41, 5.74) is -0.460. The van der Waals surface area contributed by atoms with Gasteiger partial charge in [-0.3, -0.25) is 4.79 Å². The molecular weight excluding hydrogens is 356 g/mol. The second-order valence-corrected chi connectivity index (χ2v) is 9.95. The van der Waals surface area contributed by atoms with E-state index in [9.17, 15) is 13.2 Å². The van der Waals surface area contributed by atoms with Gasteiger partial charge in [0.1, 0.15) is 11.6 Å². The number of hydrogen-bond acceptors (Lipinski definition) is 5. The van der Waals surface area contributed by atoms with Crippen molar-refractivity contribution in [2.75, 3.05) is 32.0 Å². The minimum Gasteiger partial charge on any atom is -0.375 e. The van der Waals surface area contributed by atoms with E-state index in [-0.39, 0.29) is 23.9 Å². The zero-order valence-corrected chi connectivity index (χ0v) is 17.0. The quantitative estimate of drug-likeness (QED) is 0.711. The molecule has 3 fully saturated rings. The van der Waals surface area contributed by atoms with E-state index in [0.717, 1.165) is 19.3 Å². The molecule has 0 N–H and O–H groups in total. The maximum absolute atomic E-state index is 13.2. The lowest BCUT2D eigenvalue weighted by Gasteiger charge is -2.46. The molecule has 0 aromatic heterocycles. The summed E-state index contributed by atoms with van der Waals surface area (Å²) in [6, 6.07) is -0.558. The molecule has 150 valence electrons. The van der Waals surface area contributed by atoms with Crippen molar-refractivity contribution in [1.82, 2.24) is 9.21 Å². The van der Waals surface area contributed by atoms with Crippen molar-refractivity contribution in [2.45, 2.75) is 76.7 Å². The van der Waals surface area contributed by atoms with E-state index in [1.807, 2.05) is 25.7 Å². The lowest BCUT2D eigenvalue weighted by molar-refractivity contribution is -0.180. The average Bonchev–Trinajstić information content (AvgIpc) is 3.20. The van der Waals surface area contributed by atoms with Gasteiger partial charge in [0.15, 0.2) is 0 Å². The van der Waals surface area contributed by atoms with Crippen LogP contribution >= 0.6 is 0 Å². The van der Waals surface area contributed by atoms with Crippen LogP contribution in [-0.2, 0) is 24.3 Å². The van der Waals surface area contributed by atoms with Crippen LogP contribution in [0.2, 0.25) is 0 Å². The maximum Gasteiger partial charge on any atom is 0.241 e. The summed E-state index contributed by atoms with van der Waals surface area (Å²) < 4.78 is 38.7. The summed E-state index contributed by atoms with van der Waals surface area (Å²) in [4.78, 5) is 15.1. The minimum atomic E-state index is -3.38. The summed E-state index contributed by atoms with van der Waals surface area (Å²) in [5, 5.41) is 0. The maximum atomic E-state index is 13.2. The Hall–Kier alpha value is -0.700. The number of hydrogen-bond donors (Lipinski definition) is 0. The summed E-state index contributed by atoms with van der Waals surface area (Å²) in [6.07, 6.45) is 3.43. The van der Waals surface area contributed by atoms with Crippen LogP contribution in [0.4, 0.5) is 0 Å². The number of ether oxygens (including phenoxy) is 2. The monoisotopic (exact) mass is 388 g/mol. The minimum absolute atomic E-state index is 0.0616. The first kappa shape index (κ1) is 20.0. The van der Waals surface area contributed by atoms with Crippen LogP contribution in [0.5, 0.6) is 0 Å². The first-order valence-electron chi connectivity index (χ1n) is 9.87. The van der Waals surface area contributed by atoms with Gasteiger partial charge in [0.05, 0.1) is 24.5 Å². The molecule has 0 bridgehead atoms. The number of carbonyl (C=O) groups is 1. The molecule has 4 unspecified atom stereocenters. The van der Waals surface area contributed by atoms with E-state index >= 15 is 0 Å². The summed E-state index contributed by atoms with van der Waals surface area (Å²) in [6.45, 7) is 8.01. The largest absolute Gasteiger partial charge is 0.375 e. The van der Waals surface area contributed by atoms with E-state index in [1.54, 1.807) is 0 Å². The number of amides is 1. The van der Waals surface area contributed by atoms with Gasteiger partial charge in [-0.15, -0.1) is 0 Å². The number of rotatable bonds is 5. The Morgan fingerprint density at radius 3 is 2.73 bits per heavy atom. The SMILES string of the molecule is CCCCS(=O)(=O)N1CCCC1C(=O)N1CC(C)OC2(CCOC2C)C1. The first-order valence-corrected chi connectivity index (χ1v) is 11.5. The molecule has 8 heteroatoms. The zero-order chi connectivity index (χ0) is 18.9. The predicted molar refractivity (Wildman–Crippen MR) is 98.3 cm³/mol. The van der Waals surface area contributed by atoms with Gasteiger partial charge in [-0.05, 0) is 33.1 Å². The molecule has 1 spiro atoms. The summed E-state index contributed by atoms with van der Waals surface area (Å²) >= 11 is 0. The predicted octanol–water partition coefficient (Wildman–Crippen LogP) is 1.38. The molecule has 0 aromatic carbocycles. The van der Waals surface area contributed by atoms with Gasteiger partial charge in [0, 0.05) is 26.1 Å². The third kappa shape index (κ3) is 3.79. The molecule has 1 amide bonds. The molecule has 3 aliphatic rings. The molecule has 4 atom stereocenters. The van der Waals surface area contributed by atoms with E-state index in [4.69, 9.17) is 9.47 Å². The normalized spacial score (nSPS) is 36.1. The zero-order valence-electron chi connectivity index (χ0n) is 16.1. The number of nitrogens with zero attached hydrogens (tertiary/aromatic N) is 2. The van der Waals surface area contributed by atoms with Crippen LogP contribution in [0.3, 0.4) is 0 Å². The Morgan fingerprint density at radius 1 is 1.31 bits per heavy atom. The molecular formula is C18H32N2O5S. The van der Waals surface area contributed by atoms with E-state index in [1.165, 1.54) is 4.31 Å². The highest BCUT2D eigenvalue weighted by Gasteiger charge is 2.50. The smallest absolute Gasteiger partial charge is 0.241 e. The van der Waals surface area contributed by atoms with Crippen molar-refractivity contribution in [1.29, 1.82) is 0 Å². The Morgan fingerprint density at radius 2 is 2.08 bits per heavy atom. The Balaban J connectivity index is 1.75. The molecule has 3 rings (SSSR count).